The lowest BCUT2D eigenvalue weighted by Crippen LogP contribution is -2.54. The number of piperidine rings is 1. The van der Waals surface area contributed by atoms with Crippen molar-refractivity contribution in [3.8, 4) is 28.1 Å². The molecule has 5 rings (SSSR count). The van der Waals surface area contributed by atoms with Crippen molar-refractivity contribution < 1.29 is 5.11 Å². The van der Waals surface area contributed by atoms with Gasteiger partial charge in [0.15, 0.2) is 0 Å². The Morgan fingerprint density at radius 3 is 2.48 bits per heavy atom. The molecule has 33 heavy (non-hydrogen) atoms. The summed E-state index contributed by atoms with van der Waals surface area (Å²) in [6.07, 6.45) is 6.43. The van der Waals surface area contributed by atoms with E-state index >= 15 is 0 Å². The maximum absolute atomic E-state index is 11.8. The SMILES string of the molecule is Cn1ncc(-c2ccc(-c3ccc(NCC4CC5(C)CCC(C)(C4)N5)nn3)c(O)c2)cc1=O. The molecule has 2 bridgehead atoms. The molecule has 0 aliphatic carbocycles. The number of aromatic hydroxyl groups is 1. The second kappa shape index (κ2) is 7.95. The van der Waals surface area contributed by atoms with Crippen molar-refractivity contribution in [2.75, 3.05) is 11.9 Å². The Balaban J connectivity index is 1.26. The van der Waals surface area contributed by atoms with Gasteiger partial charge in [0.25, 0.3) is 5.56 Å². The maximum atomic E-state index is 11.8. The van der Waals surface area contributed by atoms with E-state index in [1.54, 1.807) is 25.4 Å². The van der Waals surface area contributed by atoms with E-state index < -0.39 is 0 Å². The molecule has 2 aliphatic heterocycles. The first-order chi connectivity index (χ1) is 15.7. The van der Waals surface area contributed by atoms with E-state index in [0.29, 0.717) is 28.3 Å². The standard InChI is InChI=1S/C25H30N6O2/c1-24-8-9-25(2,30-24)13-16(12-24)14-26-22-7-6-20(28-29-22)19-5-4-17(10-21(19)32)18-11-23(33)31(3)27-15-18/h4-7,10-11,15-16,30,32H,8-9,12-14H2,1-3H3,(H,26,29). The molecule has 3 N–H and O–H groups in total. The molecule has 4 heterocycles. The molecule has 2 unspecified atom stereocenters. The minimum absolute atomic E-state index is 0.0786. The molecule has 0 saturated carbocycles. The van der Waals surface area contributed by atoms with Crippen LogP contribution in [0.25, 0.3) is 22.4 Å². The average molecular weight is 447 g/mol. The Bertz CT molecular complexity index is 1220. The van der Waals surface area contributed by atoms with Gasteiger partial charge in [-0.25, -0.2) is 4.68 Å². The molecule has 2 aliphatic rings. The highest BCUT2D eigenvalue weighted by Gasteiger charge is 2.48. The van der Waals surface area contributed by atoms with Crippen molar-refractivity contribution in [1.29, 1.82) is 0 Å². The highest BCUT2D eigenvalue weighted by Crippen LogP contribution is 2.44. The predicted octanol–water partition coefficient (Wildman–Crippen LogP) is 3.33. The number of nitrogens with zero attached hydrogens (tertiary/aromatic N) is 4. The number of benzene rings is 1. The smallest absolute Gasteiger partial charge is 0.267 e. The van der Waals surface area contributed by atoms with Crippen LogP contribution >= 0.6 is 0 Å². The van der Waals surface area contributed by atoms with E-state index in [1.807, 2.05) is 18.2 Å². The molecule has 2 saturated heterocycles. The zero-order valence-electron chi connectivity index (χ0n) is 19.3. The molecule has 2 fully saturated rings. The van der Waals surface area contributed by atoms with Gasteiger partial charge in [-0.2, -0.15) is 5.10 Å². The van der Waals surface area contributed by atoms with Crippen molar-refractivity contribution in [2.24, 2.45) is 13.0 Å². The Labute approximate surface area is 193 Å². The second-order valence-electron chi connectivity index (χ2n) is 10.1. The summed E-state index contributed by atoms with van der Waals surface area (Å²) in [5, 5.41) is 30.5. The van der Waals surface area contributed by atoms with E-state index in [1.165, 1.54) is 36.4 Å². The first-order valence-electron chi connectivity index (χ1n) is 11.5. The molecular formula is C25H30N6O2. The van der Waals surface area contributed by atoms with Crippen LogP contribution in [0.15, 0.2) is 47.4 Å². The molecule has 0 spiro atoms. The van der Waals surface area contributed by atoms with Crippen LogP contribution in [0, 0.1) is 5.92 Å². The van der Waals surface area contributed by atoms with Gasteiger partial charge in [0, 0.05) is 41.9 Å². The molecule has 8 nitrogen and oxygen atoms in total. The Morgan fingerprint density at radius 1 is 1.09 bits per heavy atom. The van der Waals surface area contributed by atoms with Crippen LogP contribution in [0.3, 0.4) is 0 Å². The summed E-state index contributed by atoms with van der Waals surface area (Å²) < 4.78 is 1.26. The number of hydrogen-bond acceptors (Lipinski definition) is 7. The van der Waals surface area contributed by atoms with Crippen molar-refractivity contribution >= 4 is 5.82 Å². The van der Waals surface area contributed by atoms with E-state index in [2.05, 4.69) is 39.8 Å². The number of nitrogens with one attached hydrogen (secondary N) is 2. The normalized spacial score (nSPS) is 26.3. The summed E-state index contributed by atoms with van der Waals surface area (Å²) in [7, 11) is 1.60. The Morgan fingerprint density at radius 2 is 1.85 bits per heavy atom. The van der Waals surface area contributed by atoms with Crippen LogP contribution in [0.1, 0.15) is 39.5 Å². The van der Waals surface area contributed by atoms with Crippen LogP contribution in [0.4, 0.5) is 5.82 Å². The molecule has 2 atom stereocenters. The summed E-state index contributed by atoms with van der Waals surface area (Å²) in [6.45, 7) is 5.56. The van der Waals surface area contributed by atoms with E-state index in [9.17, 15) is 9.90 Å². The molecule has 3 aromatic rings. The maximum Gasteiger partial charge on any atom is 0.267 e. The van der Waals surface area contributed by atoms with Crippen molar-refractivity contribution in [1.82, 2.24) is 25.3 Å². The van der Waals surface area contributed by atoms with E-state index in [0.717, 1.165) is 12.4 Å². The fourth-order valence-electron chi connectivity index (χ4n) is 5.58. The first kappa shape index (κ1) is 21.6. The molecule has 0 radical (unpaired) electrons. The third-order valence-corrected chi connectivity index (χ3v) is 7.12. The lowest BCUT2D eigenvalue weighted by Gasteiger charge is -2.42. The lowest BCUT2D eigenvalue weighted by molar-refractivity contribution is 0.178. The predicted molar refractivity (Wildman–Crippen MR) is 128 cm³/mol. The summed E-state index contributed by atoms with van der Waals surface area (Å²) in [4.78, 5) is 11.8. The molecule has 172 valence electrons. The lowest BCUT2D eigenvalue weighted by atomic mass is 9.80. The highest BCUT2D eigenvalue weighted by molar-refractivity contribution is 5.73. The van der Waals surface area contributed by atoms with Gasteiger partial charge < -0.3 is 15.7 Å². The summed E-state index contributed by atoms with van der Waals surface area (Å²) >= 11 is 0. The van der Waals surface area contributed by atoms with Crippen LogP contribution in [0.5, 0.6) is 5.75 Å². The summed E-state index contributed by atoms with van der Waals surface area (Å²) in [5.41, 5.74) is 2.84. The quantitative estimate of drug-likeness (QED) is 0.552. The van der Waals surface area contributed by atoms with Crippen molar-refractivity contribution in [2.45, 2.75) is 50.6 Å². The van der Waals surface area contributed by atoms with Gasteiger partial charge in [0.1, 0.15) is 11.6 Å². The van der Waals surface area contributed by atoms with E-state index in [-0.39, 0.29) is 22.4 Å². The number of aromatic nitrogens is 4. The number of phenols is 1. The number of phenolic OH excluding ortho intramolecular Hbond substituents is 1. The topological polar surface area (TPSA) is 105 Å². The van der Waals surface area contributed by atoms with Crippen LogP contribution in [-0.4, -0.2) is 42.7 Å². The molecule has 2 aromatic heterocycles. The van der Waals surface area contributed by atoms with Gasteiger partial charge in [-0.3, -0.25) is 4.79 Å². The minimum atomic E-state index is -0.203. The zero-order valence-corrected chi connectivity index (χ0v) is 19.3. The second-order valence-corrected chi connectivity index (χ2v) is 10.1. The van der Waals surface area contributed by atoms with Crippen molar-refractivity contribution in [3.05, 3.63) is 52.9 Å². The van der Waals surface area contributed by atoms with Gasteiger partial charge in [0.05, 0.1) is 11.9 Å². The van der Waals surface area contributed by atoms with Gasteiger partial charge in [-0.15, -0.1) is 10.2 Å². The van der Waals surface area contributed by atoms with Gasteiger partial charge >= 0.3 is 0 Å². The number of hydrogen-bond donors (Lipinski definition) is 3. The number of rotatable bonds is 5. The number of fused-ring (bicyclic) bond motifs is 2. The first-order valence-corrected chi connectivity index (χ1v) is 11.5. The average Bonchev–Trinajstić information content (AvgIpc) is 3.01. The largest absolute Gasteiger partial charge is 0.507 e. The fraction of sp³-hybridized carbons (Fsp3) is 0.440. The fourth-order valence-corrected chi connectivity index (χ4v) is 5.58. The zero-order chi connectivity index (χ0) is 23.2. The summed E-state index contributed by atoms with van der Waals surface area (Å²) in [5.74, 6) is 1.42. The molecule has 0 amide bonds. The van der Waals surface area contributed by atoms with Gasteiger partial charge in [-0.1, -0.05) is 6.07 Å². The monoisotopic (exact) mass is 446 g/mol. The Hall–Kier alpha value is -3.26. The minimum Gasteiger partial charge on any atom is -0.507 e. The molecular weight excluding hydrogens is 416 g/mol. The highest BCUT2D eigenvalue weighted by atomic mass is 16.3. The molecule has 8 heteroatoms. The third kappa shape index (κ3) is 4.35. The van der Waals surface area contributed by atoms with Gasteiger partial charge in [0.2, 0.25) is 0 Å². The summed E-state index contributed by atoms with van der Waals surface area (Å²) in [6, 6.07) is 10.5. The van der Waals surface area contributed by atoms with Crippen LogP contribution in [-0.2, 0) is 7.05 Å². The molecule has 1 aromatic carbocycles. The third-order valence-electron chi connectivity index (χ3n) is 7.12. The van der Waals surface area contributed by atoms with Crippen LogP contribution < -0.4 is 16.2 Å². The number of aryl methyl sites for hydroxylation is 1. The number of anilines is 1. The van der Waals surface area contributed by atoms with Crippen molar-refractivity contribution in [3.63, 3.8) is 0 Å². The van der Waals surface area contributed by atoms with Crippen LogP contribution in [0.2, 0.25) is 0 Å². The Kier molecular flexibility index (Phi) is 5.20. The van der Waals surface area contributed by atoms with Gasteiger partial charge in [-0.05, 0) is 75.3 Å². The van der Waals surface area contributed by atoms with E-state index in [4.69, 9.17) is 0 Å².